The number of benzene rings is 1. The molecule has 0 aromatic heterocycles. The molecule has 0 saturated heterocycles. The second-order valence-corrected chi connectivity index (χ2v) is 4.88. The molecule has 3 nitrogen and oxygen atoms in total. The highest BCUT2D eigenvalue weighted by Crippen LogP contribution is 2.30. The number of carbonyl (C=O) groups is 1. The molecule has 6 heteroatoms. The van der Waals surface area contributed by atoms with Crippen molar-refractivity contribution in [3.05, 3.63) is 35.4 Å². The third-order valence-electron chi connectivity index (χ3n) is 2.74. The first-order valence-corrected chi connectivity index (χ1v) is 6.24. The molecule has 1 unspecified atom stereocenters. The van der Waals surface area contributed by atoms with Crippen molar-refractivity contribution in [3.63, 3.8) is 0 Å². The van der Waals surface area contributed by atoms with Crippen molar-refractivity contribution in [2.75, 3.05) is 13.7 Å². The van der Waals surface area contributed by atoms with Crippen LogP contribution in [0.5, 0.6) is 0 Å². The first kappa shape index (κ1) is 16.5. The van der Waals surface area contributed by atoms with Crippen molar-refractivity contribution >= 4 is 5.97 Å². The Labute approximate surface area is 116 Å². The van der Waals surface area contributed by atoms with Crippen LogP contribution in [0.4, 0.5) is 13.2 Å². The normalized spacial score (nSPS) is 13.3. The van der Waals surface area contributed by atoms with Gasteiger partial charge in [0.1, 0.15) is 6.04 Å². The summed E-state index contributed by atoms with van der Waals surface area (Å²) in [5.41, 5.74) is -0.292. The summed E-state index contributed by atoms with van der Waals surface area (Å²) in [4.78, 5) is 11.7. The highest BCUT2D eigenvalue weighted by atomic mass is 19.4. The fourth-order valence-electron chi connectivity index (χ4n) is 1.67. The summed E-state index contributed by atoms with van der Waals surface area (Å²) in [6.07, 6.45) is -4.38. The molecule has 20 heavy (non-hydrogen) atoms. The zero-order chi connectivity index (χ0) is 15.3. The number of esters is 1. The van der Waals surface area contributed by atoms with Gasteiger partial charge in [0.2, 0.25) is 0 Å². The van der Waals surface area contributed by atoms with Crippen LogP contribution in [-0.4, -0.2) is 19.6 Å². The number of rotatable bonds is 5. The Morgan fingerprint density at radius 2 is 1.80 bits per heavy atom. The van der Waals surface area contributed by atoms with Crippen molar-refractivity contribution in [3.8, 4) is 0 Å². The van der Waals surface area contributed by atoms with Gasteiger partial charge in [0, 0.05) is 0 Å². The van der Waals surface area contributed by atoms with Crippen molar-refractivity contribution in [1.82, 2.24) is 5.32 Å². The zero-order valence-electron chi connectivity index (χ0n) is 11.6. The summed E-state index contributed by atoms with van der Waals surface area (Å²) in [5.74, 6) is -0.220. The highest BCUT2D eigenvalue weighted by molar-refractivity contribution is 5.77. The van der Waals surface area contributed by atoms with Crippen molar-refractivity contribution in [2.45, 2.75) is 26.1 Å². The summed E-state index contributed by atoms with van der Waals surface area (Å²) in [5, 5.41) is 2.99. The van der Waals surface area contributed by atoms with E-state index in [4.69, 9.17) is 0 Å². The Bertz CT molecular complexity index is 441. The predicted molar refractivity (Wildman–Crippen MR) is 69.0 cm³/mol. The summed E-state index contributed by atoms with van der Waals surface area (Å²) in [7, 11) is 1.25. The fraction of sp³-hybridized carbons (Fsp3) is 0.500. The third-order valence-corrected chi connectivity index (χ3v) is 2.74. The van der Waals surface area contributed by atoms with Crippen LogP contribution in [0, 0.1) is 5.92 Å². The van der Waals surface area contributed by atoms with Gasteiger partial charge in [0.25, 0.3) is 0 Å². The van der Waals surface area contributed by atoms with Gasteiger partial charge in [-0.2, -0.15) is 13.2 Å². The second kappa shape index (κ2) is 6.74. The molecule has 112 valence electrons. The molecule has 1 rings (SSSR count). The van der Waals surface area contributed by atoms with Crippen LogP contribution in [0.15, 0.2) is 24.3 Å². The molecule has 0 spiro atoms. The average Bonchev–Trinajstić information content (AvgIpc) is 2.37. The lowest BCUT2D eigenvalue weighted by molar-refractivity contribution is -0.143. The Morgan fingerprint density at radius 1 is 1.25 bits per heavy atom. The first-order chi connectivity index (χ1) is 9.25. The monoisotopic (exact) mass is 289 g/mol. The molecule has 0 amide bonds. The smallest absolute Gasteiger partial charge is 0.416 e. The lowest BCUT2D eigenvalue weighted by Crippen LogP contribution is -2.32. The van der Waals surface area contributed by atoms with Gasteiger partial charge in [-0.25, -0.2) is 4.79 Å². The Kier molecular flexibility index (Phi) is 5.56. The van der Waals surface area contributed by atoms with E-state index in [-0.39, 0.29) is 0 Å². The van der Waals surface area contributed by atoms with Crippen molar-refractivity contribution in [1.29, 1.82) is 0 Å². The van der Waals surface area contributed by atoms with Gasteiger partial charge in [-0.3, -0.25) is 0 Å². The maximum Gasteiger partial charge on any atom is 0.416 e. The summed E-state index contributed by atoms with van der Waals surface area (Å²) < 4.78 is 42.1. The minimum Gasteiger partial charge on any atom is -0.468 e. The minimum atomic E-state index is -4.38. The molecule has 0 radical (unpaired) electrons. The summed E-state index contributed by atoms with van der Waals surface area (Å²) in [6, 6.07) is 3.74. The molecule has 0 aliphatic carbocycles. The van der Waals surface area contributed by atoms with E-state index in [0.29, 0.717) is 18.0 Å². The number of hydrogen-bond acceptors (Lipinski definition) is 3. The van der Waals surface area contributed by atoms with Gasteiger partial charge >= 0.3 is 12.1 Å². The van der Waals surface area contributed by atoms with Crippen LogP contribution in [-0.2, 0) is 15.7 Å². The topological polar surface area (TPSA) is 38.3 Å². The van der Waals surface area contributed by atoms with Gasteiger partial charge in [0.05, 0.1) is 12.7 Å². The molecule has 0 heterocycles. The number of methoxy groups -OCH3 is 1. The second-order valence-electron chi connectivity index (χ2n) is 4.88. The van der Waals surface area contributed by atoms with Crippen LogP contribution in [0.2, 0.25) is 0 Å². The van der Waals surface area contributed by atoms with E-state index in [0.717, 1.165) is 12.1 Å². The van der Waals surface area contributed by atoms with Crippen molar-refractivity contribution < 1.29 is 22.7 Å². The van der Waals surface area contributed by atoms with Gasteiger partial charge in [-0.05, 0) is 30.2 Å². The Hall–Kier alpha value is -1.56. The SMILES string of the molecule is COC(=O)C(NCC(C)C)c1ccc(C(F)(F)F)cc1. The quantitative estimate of drug-likeness (QED) is 0.846. The summed E-state index contributed by atoms with van der Waals surface area (Å²) >= 11 is 0. The molecular weight excluding hydrogens is 271 g/mol. The van der Waals surface area contributed by atoms with E-state index in [1.165, 1.54) is 19.2 Å². The molecular formula is C14H18F3NO2. The highest BCUT2D eigenvalue weighted by Gasteiger charge is 2.30. The van der Waals surface area contributed by atoms with Gasteiger partial charge in [0.15, 0.2) is 0 Å². The molecule has 1 aromatic carbocycles. The van der Waals surface area contributed by atoms with E-state index in [9.17, 15) is 18.0 Å². The predicted octanol–water partition coefficient (Wildman–Crippen LogP) is 3.17. The van der Waals surface area contributed by atoms with E-state index in [2.05, 4.69) is 10.1 Å². The maximum absolute atomic E-state index is 12.5. The Morgan fingerprint density at radius 3 is 2.20 bits per heavy atom. The van der Waals surface area contributed by atoms with Crippen LogP contribution >= 0.6 is 0 Å². The number of carbonyl (C=O) groups excluding carboxylic acids is 1. The van der Waals surface area contributed by atoms with Crippen LogP contribution < -0.4 is 5.32 Å². The fourth-order valence-corrected chi connectivity index (χ4v) is 1.67. The lowest BCUT2D eigenvalue weighted by atomic mass is 10.0. The molecule has 1 aromatic rings. The lowest BCUT2D eigenvalue weighted by Gasteiger charge is -2.18. The molecule has 1 atom stereocenters. The Balaban J connectivity index is 2.93. The van der Waals surface area contributed by atoms with E-state index in [1.807, 2.05) is 13.8 Å². The number of alkyl halides is 3. The number of halogens is 3. The molecule has 0 bridgehead atoms. The third kappa shape index (κ3) is 4.52. The molecule has 0 aliphatic heterocycles. The molecule has 1 N–H and O–H groups in total. The van der Waals surface area contributed by atoms with E-state index < -0.39 is 23.8 Å². The largest absolute Gasteiger partial charge is 0.468 e. The van der Waals surface area contributed by atoms with Crippen LogP contribution in [0.3, 0.4) is 0 Å². The van der Waals surface area contributed by atoms with Crippen LogP contribution in [0.1, 0.15) is 31.0 Å². The number of nitrogens with one attached hydrogen (secondary N) is 1. The summed E-state index contributed by atoms with van der Waals surface area (Å²) in [6.45, 7) is 4.49. The molecule has 0 fully saturated rings. The van der Waals surface area contributed by atoms with Crippen molar-refractivity contribution in [2.24, 2.45) is 5.92 Å². The van der Waals surface area contributed by atoms with Gasteiger partial charge < -0.3 is 10.1 Å². The number of hydrogen-bond donors (Lipinski definition) is 1. The van der Waals surface area contributed by atoms with Gasteiger partial charge in [-0.1, -0.05) is 26.0 Å². The average molecular weight is 289 g/mol. The first-order valence-electron chi connectivity index (χ1n) is 6.24. The zero-order valence-corrected chi connectivity index (χ0v) is 11.6. The number of ether oxygens (including phenoxy) is 1. The van der Waals surface area contributed by atoms with E-state index >= 15 is 0 Å². The molecule has 0 aliphatic rings. The van der Waals surface area contributed by atoms with Gasteiger partial charge in [-0.15, -0.1) is 0 Å². The van der Waals surface area contributed by atoms with Crippen LogP contribution in [0.25, 0.3) is 0 Å². The van der Waals surface area contributed by atoms with E-state index in [1.54, 1.807) is 0 Å². The molecule has 0 saturated carbocycles. The maximum atomic E-state index is 12.5. The standard InChI is InChI=1S/C14H18F3NO2/c1-9(2)8-18-12(13(19)20-3)10-4-6-11(7-5-10)14(15,16)17/h4-7,9,12,18H,8H2,1-3H3. The minimum absolute atomic E-state index is 0.302.